The number of hydrogen-bond acceptors (Lipinski definition) is 3. The quantitative estimate of drug-likeness (QED) is 0.794. The third-order valence-electron chi connectivity index (χ3n) is 1.66. The Kier molecular flexibility index (Phi) is 3.24. The highest BCUT2D eigenvalue weighted by Crippen LogP contribution is 2.07. The van der Waals surface area contributed by atoms with Gasteiger partial charge in [-0.05, 0) is 18.5 Å². The van der Waals surface area contributed by atoms with Gasteiger partial charge in [0.2, 0.25) is 5.28 Å². The van der Waals surface area contributed by atoms with Crippen LogP contribution in [0.5, 0.6) is 0 Å². The maximum atomic E-state index is 11.4. The molecule has 1 aromatic heterocycles. The molecule has 6 heteroatoms. The Labute approximate surface area is 86.1 Å². The van der Waals surface area contributed by atoms with Gasteiger partial charge in [-0.1, -0.05) is 0 Å². The van der Waals surface area contributed by atoms with Crippen molar-refractivity contribution in [1.82, 2.24) is 14.9 Å². The Morgan fingerprint density at radius 1 is 1.64 bits per heavy atom. The maximum Gasteiger partial charge on any atom is 0.269 e. The molecular formula is C8H10ClN3O2. The van der Waals surface area contributed by atoms with Crippen molar-refractivity contribution in [3.63, 3.8) is 0 Å². The van der Waals surface area contributed by atoms with Crippen LogP contribution in [0.4, 0.5) is 0 Å². The van der Waals surface area contributed by atoms with Crippen LogP contribution in [-0.2, 0) is 11.8 Å². The van der Waals surface area contributed by atoms with E-state index in [1.165, 1.54) is 17.7 Å². The Morgan fingerprint density at radius 2 is 2.29 bits per heavy atom. The number of carbonyl (C=O) groups is 2. The van der Waals surface area contributed by atoms with Gasteiger partial charge in [-0.15, -0.1) is 0 Å². The number of rotatable bonds is 3. The summed E-state index contributed by atoms with van der Waals surface area (Å²) in [5.41, 5.74) is 0.330. The summed E-state index contributed by atoms with van der Waals surface area (Å²) in [6.45, 7) is 1.41. The number of halogens is 1. The second-order valence-corrected chi connectivity index (χ2v) is 3.19. The standard InChI is InChI=1S/C8H10ClN3O2/c1-5(13)3-10-7(14)6-4-11-8(9)12(6)2/h4H,3H2,1-2H3,(H,10,14). The third-order valence-corrected chi connectivity index (χ3v) is 2.01. The molecule has 5 nitrogen and oxygen atoms in total. The smallest absolute Gasteiger partial charge is 0.269 e. The summed E-state index contributed by atoms with van der Waals surface area (Å²) in [5, 5.41) is 2.68. The molecule has 0 fully saturated rings. The van der Waals surface area contributed by atoms with E-state index in [0.29, 0.717) is 5.69 Å². The summed E-state index contributed by atoms with van der Waals surface area (Å²) in [7, 11) is 1.62. The fraction of sp³-hybridized carbons (Fsp3) is 0.375. The Morgan fingerprint density at radius 3 is 2.71 bits per heavy atom. The number of hydrogen-bond donors (Lipinski definition) is 1. The highest BCUT2D eigenvalue weighted by atomic mass is 35.5. The van der Waals surface area contributed by atoms with Gasteiger partial charge in [0, 0.05) is 7.05 Å². The van der Waals surface area contributed by atoms with Crippen molar-refractivity contribution in [3.8, 4) is 0 Å². The topological polar surface area (TPSA) is 64.0 Å². The van der Waals surface area contributed by atoms with Crippen molar-refractivity contribution in [2.45, 2.75) is 6.92 Å². The highest BCUT2D eigenvalue weighted by molar-refractivity contribution is 6.28. The lowest BCUT2D eigenvalue weighted by molar-refractivity contribution is -0.116. The van der Waals surface area contributed by atoms with Crippen LogP contribution in [0.3, 0.4) is 0 Å². The second kappa shape index (κ2) is 4.23. The second-order valence-electron chi connectivity index (χ2n) is 2.86. The minimum atomic E-state index is -0.359. The molecule has 0 spiro atoms. The zero-order valence-electron chi connectivity index (χ0n) is 7.87. The summed E-state index contributed by atoms with van der Waals surface area (Å²) >= 11 is 5.64. The van der Waals surface area contributed by atoms with E-state index in [1.807, 2.05) is 0 Å². The Balaban J connectivity index is 2.70. The van der Waals surface area contributed by atoms with Crippen molar-refractivity contribution in [2.24, 2.45) is 7.05 Å². The van der Waals surface area contributed by atoms with Crippen molar-refractivity contribution >= 4 is 23.3 Å². The average Bonchev–Trinajstić information content (AvgIpc) is 2.44. The zero-order valence-corrected chi connectivity index (χ0v) is 8.63. The zero-order chi connectivity index (χ0) is 10.7. The molecule has 0 aliphatic rings. The van der Waals surface area contributed by atoms with E-state index in [1.54, 1.807) is 7.05 Å². The molecule has 0 aliphatic heterocycles. The predicted octanol–water partition coefficient (Wildman–Crippen LogP) is 0.392. The summed E-state index contributed by atoms with van der Waals surface area (Å²) in [5.74, 6) is -0.464. The molecular weight excluding hydrogens is 206 g/mol. The maximum absolute atomic E-state index is 11.4. The van der Waals surface area contributed by atoms with E-state index >= 15 is 0 Å². The largest absolute Gasteiger partial charge is 0.344 e. The van der Waals surface area contributed by atoms with Crippen LogP contribution in [0.15, 0.2) is 6.20 Å². The molecule has 0 aliphatic carbocycles. The number of Topliss-reactive ketones (excluding diaryl/α,β-unsaturated/α-hetero) is 1. The fourth-order valence-electron chi connectivity index (χ4n) is 0.893. The van der Waals surface area contributed by atoms with Gasteiger partial charge < -0.3 is 9.88 Å². The number of nitrogens with one attached hydrogen (secondary N) is 1. The molecule has 1 heterocycles. The molecule has 76 valence electrons. The molecule has 0 saturated heterocycles. The molecule has 1 amide bonds. The van der Waals surface area contributed by atoms with Gasteiger partial charge in [0.05, 0.1) is 12.7 Å². The first-order valence-electron chi connectivity index (χ1n) is 3.97. The number of imidazole rings is 1. The molecule has 1 aromatic rings. The SMILES string of the molecule is CC(=O)CNC(=O)c1cnc(Cl)n1C. The Hall–Kier alpha value is -1.36. The molecule has 14 heavy (non-hydrogen) atoms. The molecule has 0 radical (unpaired) electrons. The van der Waals surface area contributed by atoms with Gasteiger partial charge in [0.25, 0.3) is 5.91 Å². The van der Waals surface area contributed by atoms with Crippen LogP contribution >= 0.6 is 11.6 Å². The van der Waals surface area contributed by atoms with Crippen molar-refractivity contribution < 1.29 is 9.59 Å². The summed E-state index contributed by atoms with van der Waals surface area (Å²) < 4.78 is 1.44. The minimum Gasteiger partial charge on any atom is -0.344 e. The summed E-state index contributed by atoms with van der Waals surface area (Å²) in [6.07, 6.45) is 1.36. The van der Waals surface area contributed by atoms with E-state index in [2.05, 4.69) is 10.3 Å². The van der Waals surface area contributed by atoms with Crippen molar-refractivity contribution in [2.75, 3.05) is 6.54 Å². The van der Waals surface area contributed by atoms with E-state index in [4.69, 9.17) is 11.6 Å². The molecule has 1 rings (SSSR count). The van der Waals surface area contributed by atoms with Crippen LogP contribution in [0.25, 0.3) is 0 Å². The van der Waals surface area contributed by atoms with E-state index in [9.17, 15) is 9.59 Å². The van der Waals surface area contributed by atoms with Gasteiger partial charge in [-0.25, -0.2) is 4.98 Å². The summed E-state index contributed by atoms with van der Waals surface area (Å²) in [4.78, 5) is 25.8. The lowest BCUT2D eigenvalue weighted by atomic mass is 10.4. The third kappa shape index (κ3) is 2.32. The number of amides is 1. The first-order chi connectivity index (χ1) is 6.52. The molecule has 1 N–H and O–H groups in total. The molecule has 0 unspecified atom stereocenters. The Bertz CT molecular complexity index is 373. The van der Waals surface area contributed by atoms with Gasteiger partial charge in [0.1, 0.15) is 11.5 Å². The van der Waals surface area contributed by atoms with Crippen LogP contribution in [0, 0.1) is 0 Å². The van der Waals surface area contributed by atoms with Gasteiger partial charge in [-0.3, -0.25) is 9.59 Å². The van der Waals surface area contributed by atoms with Crippen LogP contribution in [0.2, 0.25) is 5.28 Å². The first kappa shape index (κ1) is 10.7. The van der Waals surface area contributed by atoms with Crippen LogP contribution in [0.1, 0.15) is 17.4 Å². The van der Waals surface area contributed by atoms with E-state index in [0.717, 1.165) is 0 Å². The van der Waals surface area contributed by atoms with Crippen molar-refractivity contribution in [3.05, 3.63) is 17.2 Å². The average molecular weight is 216 g/mol. The molecule has 0 saturated carbocycles. The number of carbonyl (C=O) groups excluding carboxylic acids is 2. The number of nitrogens with zero attached hydrogens (tertiary/aromatic N) is 2. The lowest BCUT2D eigenvalue weighted by Gasteiger charge is -2.02. The van der Waals surface area contributed by atoms with Gasteiger partial charge >= 0.3 is 0 Å². The fourth-order valence-corrected chi connectivity index (χ4v) is 1.03. The van der Waals surface area contributed by atoms with Crippen molar-refractivity contribution in [1.29, 1.82) is 0 Å². The number of aromatic nitrogens is 2. The van der Waals surface area contributed by atoms with Crippen LogP contribution in [-0.4, -0.2) is 27.8 Å². The van der Waals surface area contributed by atoms with Gasteiger partial charge in [-0.2, -0.15) is 0 Å². The first-order valence-corrected chi connectivity index (χ1v) is 4.35. The normalized spacial score (nSPS) is 9.93. The molecule has 0 atom stereocenters. The number of ketones is 1. The van der Waals surface area contributed by atoms with E-state index in [-0.39, 0.29) is 23.5 Å². The van der Waals surface area contributed by atoms with Crippen LogP contribution < -0.4 is 5.32 Å². The van der Waals surface area contributed by atoms with E-state index < -0.39 is 0 Å². The minimum absolute atomic E-state index is 0.0155. The monoisotopic (exact) mass is 215 g/mol. The molecule has 0 aromatic carbocycles. The summed E-state index contributed by atoms with van der Waals surface area (Å²) in [6, 6.07) is 0. The van der Waals surface area contributed by atoms with Gasteiger partial charge in [0.15, 0.2) is 0 Å². The lowest BCUT2D eigenvalue weighted by Crippen LogP contribution is -2.29. The highest BCUT2D eigenvalue weighted by Gasteiger charge is 2.12. The molecule has 0 bridgehead atoms. The predicted molar refractivity (Wildman–Crippen MR) is 51.2 cm³/mol.